The Labute approximate surface area is 144 Å². The average Bonchev–Trinajstić information content (AvgIpc) is 2.67. The largest absolute Gasteiger partial charge is 0.459 e. The van der Waals surface area contributed by atoms with E-state index in [1.807, 2.05) is 48.5 Å². The maximum atomic E-state index is 11.0. The van der Waals surface area contributed by atoms with E-state index in [0.29, 0.717) is 12.9 Å². The van der Waals surface area contributed by atoms with E-state index in [0.717, 1.165) is 33.1 Å². The van der Waals surface area contributed by atoms with Gasteiger partial charge >= 0.3 is 0 Å². The van der Waals surface area contributed by atoms with Crippen LogP contribution < -0.4 is 0 Å². The van der Waals surface area contributed by atoms with Gasteiger partial charge in [-0.2, -0.15) is 0 Å². The van der Waals surface area contributed by atoms with Crippen LogP contribution in [-0.4, -0.2) is 21.4 Å². The summed E-state index contributed by atoms with van der Waals surface area (Å²) >= 11 is 0. The zero-order chi connectivity index (χ0) is 17.1. The number of fused-ring (bicyclic) bond motifs is 2. The number of nitrogens with zero attached hydrogens (tertiary/aromatic N) is 3. The van der Waals surface area contributed by atoms with Crippen LogP contribution in [-0.2, 0) is 16.0 Å². The van der Waals surface area contributed by atoms with Gasteiger partial charge in [-0.15, -0.1) is 0 Å². The number of carbonyl (C=O) groups excluding carboxylic acids is 1. The summed E-state index contributed by atoms with van der Waals surface area (Å²) in [7, 11) is 0. The summed E-state index contributed by atoms with van der Waals surface area (Å²) in [6.45, 7) is 0.495. The van der Waals surface area contributed by atoms with Crippen molar-refractivity contribution in [2.45, 2.75) is 12.5 Å². The normalized spacial score (nSPS) is 12.2. The van der Waals surface area contributed by atoms with Gasteiger partial charge in [0.05, 0.1) is 16.6 Å². The molecule has 122 valence electrons. The first-order valence-corrected chi connectivity index (χ1v) is 7.97. The topological polar surface area (TPSA) is 65.0 Å². The lowest BCUT2D eigenvalue weighted by Gasteiger charge is -2.17. The molecule has 0 saturated carbocycles. The minimum absolute atomic E-state index is 0.394. The first-order valence-electron chi connectivity index (χ1n) is 7.97. The van der Waals surface area contributed by atoms with Gasteiger partial charge in [-0.1, -0.05) is 24.3 Å². The lowest BCUT2D eigenvalue weighted by Crippen LogP contribution is -2.08. The second-order valence-corrected chi connectivity index (χ2v) is 5.72. The molecule has 0 amide bonds. The molecule has 0 aliphatic rings. The van der Waals surface area contributed by atoms with Crippen molar-refractivity contribution in [2.24, 2.45) is 0 Å². The van der Waals surface area contributed by atoms with Crippen LogP contribution in [0.5, 0.6) is 0 Å². The molecule has 1 atom stereocenters. The third kappa shape index (κ3) is 3.04. The van der Waals surface area contributed by atoms with Crippen LogP contribution in [0.3, 0.4) is 0 Å². The Hall–Kier alpha value is -3.34. The molecule has 1 unspecified atom stereocenters. The van der Waals surface area contributed by atoms with Crippen LogP contribution in [0, 0.1) is 0 Å². The molecule has 4 rings (SSSR count). The van der Waals surface area contributed by atoms with Gasteiger partial charge in [-0.05, 0) is 35.4 Å². The Bertz CT molecular complexity index is 1040. The van der Waals surface area contributed by atoms with Gasteiger partial charge in [0.25, 0.3) is 6.47 Å². The van der Waals surface area contributed by atoms with Gasteiger partial charge in [0, 0.05) is 30.4 Å². The predicted molar refractivity (Wildman–Crippen MR) is 94.9 cm³/mol. The summed E-state index contributed by atoms with van der Waals surface area (Å²) in [5.41, 5.74) is 4.48. The Kier molecular flexibility index (Phi) is 4.04. The fraction of sp³-hybridized carbons (Fsp3) is 0.100. The van der Waals surface area contributed by atoms with Gasteiger partial charge in [0.2, 0.25) is 0 Å². The molecular weight excluding hydrogens is 314 g/mol. The molecule has 0 radical (unpaired) electrons. The van der Waals surface area contributed by atoms with E-state index in [2.05, 4.69) is 15.0 Å². The molecule has 0 N–H and O–H groups in total. The minimum atomic E-state index is -0.394. The maximum absolute atomic E-state index is 11.0. The molecule has 2 aromatic heterocycles. The molecule has 2 heterocycles. The van der Waals surface area contributed by atoms with Crippen LogP contribution in [0.15, 0.2) is 67.1 Å². The molecule has 5 heteroatoms. The molecule has 0 aliphatic carbocycles. The summed E-state index contributed by atoms with van der Waals surface area (Å²) in [5.74, 6) is 0. The summed E-state index contributed by atoms with van der Waals surface area (Å²) in [5, 5.41) is 1.06. The highest BCUT2D eigenvalue weighted by molar-refractivity contribution is 5.82. The highest BCUT2D eigenvalue weighted by Crippen LogP contribution is 2.27. The first-order chi connectivity index (χ1) is 12.3. The third-order valence-electron chi connectivity index (χ3n) is 4.23. The van der Waals surface area contributed by atoms with Crippen molar-refractivity contribution in [3.63, 3.8) is 0 Å². The van der Waals surface area contributed by atoms with E-state index in [1.54, 1.807) is 18.6 Å². The standard InChI is InChI=1S/C20H15N3O2/c24-13-25-20(15-5-6-18-19(11-15)23-10-9-22-18)12-14-7-8-21-17-4-2-1-3-16(14)17/h1-11,13,20H,12H2. The van der Waals surface area contributed by atoms with Gasteiger partial charge in [0.15, 0.2) is 0 Å². The summed E-state index contributed by atoms with van der Waals surface area (Å²) in [4.78, 5) is 24.0. The number of ether oxygens (including phenoxy) is 1. The van der Waals surface area contributed by atoms with Gasteiger partial charge in [0.1, 0.15) is 6.10 Å². The Morgan fingerprint density at radius 1 is 0.880 bits per heavy atom. The van der Waals surface area contributed by atoms with Crippen molar-refractivity contribution >= 4 is 28.4 Å². The second-order valence-electron chi connectivity index (χ2n) is 5.72. The van der Waals surface area contributed by atoms with Gasteiger partial charge < -0.3 is 4.74 Å². The Balaban J connectivity index is 1.74. The van der Waals surface area contributed by atoms with Crippen LogP contribution >= 0.6 is 0 Å². The van der Waals surface area contributed by atoms with Crippen molar-refractivity contribution in [1.82, 2.24) is 15.0 Å². The molecule has 0 bridgehead atoms. The predicted octanol–water partition coefficient (Wildman–Crippen LogP) is 3.63. The van der Waals surface area contributed by atoms with Crippen molar-refractivity contribution < 1.29 is 9.53 Å². The zero-order valence-corrected chi connectivity index (χ0v) is 13.4. The fourth-order valence-electron chi connectivity index (χ4n) is 3.02. The van der Waals surface area contributed by atoms with Crippen molar-refractivity contribution in [3.8, 4) is 0 Å². The van der Waals surface area contributed by atoms with Gasteiger partial charge in [-0.3, -0.25) is 19.7 Å². The van der Waals surface area contributed by atoms with E-state index in [-0.39, 0.29) is 0 Å². The lowest BCUT2D eigenvalue weighted by atomic mass is 9.98. The number of hydrogen-bond donors (Lipinski definition) is 0. The van der Waals surface area contributed by atoms with Crippen LogP contribution in [0.4, 0.5) is 0 Å². The number of aromatic nitrogens is 3. The average molecular weight is 329 g/mol. The van der Waals surface area contributed by atoms with Gasteiger partial charge in [-0.25, -0.2) is 0 Å². The lowest BCUT2D eigenvalue weighted by molar-refractivity contribution is -0.133. The second kappa shape index (κ2) is 6.65. The third-order valence-corrected chi connectivity index (χ3v) is 4.23. The molecule has 5 nitrogen and oxygen atoms in total. The number of pyridine rings is 1. The minimum Gasteiger partial charge on any atom is -0.459 e. The highest BCUT2D eigenvalue weighted by Gasteiger charge is 2.16. The molecule has 4 aromatic rings. The van der Waals surface area contributed by atoms with Crippen molar-refractivity contribution in [3.05, 3.63) is 78.2 Å². The summed E-state index contributed by atoms with van der Waals surface area (Å²) in [6, 6.07) is 15.6. The molecular formula is C20H15N3O2. The quantitative estimate of drug-likeness (QED) is 0.523. The van der Waals surface area contributed by atoms with E-state index >= 15 is 0 Å². The Morgan fingerprint density at radius 3 is 2.56 bits per heavy atom. The Morgan fingerprint density at radius 2 is 1.68 bits per heavy atom. The molecule has 25 heavy (non-hydrogen) atoms. The number of carbonyl (C=O) groups is 1. The molecule has 0 aliphatic heterocycles. The smallest absolute Gasteiger partial charge is 0.293 e. The first kappa shape index (κ1) is 15.2. The zero-order valence-electron chi connectivity index (χ0n) is 13.4. The number of hydrogen-bond acceptors (Lipinski definition) is 5. The molecule has 0 spiro atoms. The van der Waals surface area contributed by atoms with E-state index in [4.69, 9.17) is 4.74 Å². The number of para-hydroxylation sites is 1. The van der Waals surface area contributed by atoms with E-state index < -0.39 is 6.10 Å². The maximum Gasteiger partial charge on any atom is 0.293 e. The monoisotopic (exact) mass is 329 g/mol. The van der Waals surface area contributed by atoms with Crippen LogP contribution in [0.2, 0.25) is 0 Å². The van der Waals surface area contributed by atoms with Crippen LogP contribution in [0.25, 0.3) is 21.9 Å². The van der Waals surface area contributed by atoms with Crippen molar-refractivity contribution in [1.29, 1.82) is 0 Å². The highest BCUT2D eigenvalue weighted by atomic mass is 16.5. The molecule has 2 aromatic carbocycles. The van der Waals surface area contributed by atoms with Crippen molar-refractivity contribution in [2.75, 3.05) is 0 Å². The number of benzene rings is 2. The summed E-state index contributed by atoms with van der Waals surface area (Å²) in [6.07, 6.45) is 5.26. The SMILES string of the molecule is O=COC(Cc1ccnc2ccccc12)c1ccc2nccnc2c1. The molecule has 0 fully saturated rings. The summed E-state index contributed by atoms with van der Waals surface area (Å²) < 4.78 is 5.38. The molecule has 0 saturated heterocycles. The van der Waals surface area contributed by atoms with E-state index in [1.165, 1.54) is 0 Å². The van der Waals surface area contributed by atoms with E-state index in [9.17, 15) is 4.79 Å². The number of rotatable bonds is 5. The van der Waals surface area contributed by atoms with Crippen LogP contribution in [0.1, 0.15) is 17.2 Å². The fourth-order valence-corrected chi connectivity index (χ4v) is 3.02.